The fourth-order valence-corrected chi connectivity index (χ4v) is 3.62. The van der Waals surface area contributed by atoms with Gasteiger partial charge in [0.2, 0.25) is 5.91 Å². The number of carbonyl (C=O) groups excluding carboxylic acids is 3. The highest BCUT2D eigenvalue weighted by atomic mass is 16.5. The monoisotopic (exact) mass is 446 g/mol. The van der Waals surface area contributed by atoms with Crippen LogP contribution in [0.15, 0.2) is 53.6 Å². The highest BCUT2D eigenvalue weighted by Gasteiger charge is 2.16. The Kier molecular flexibility index (Phi) is 7.07. The molecule has 0 aliphatic carbocycles. The molecule has 3 aromatic rings. The van der Waals surface area contributed by atoms with Crippen LogP contribution in [-0.2, 0) is 9.53 Å². The molecule has 0 spiro atoms. The van der Waals surface area contributed by atoms with E-state index in [0.29, 0.717) is 16.8 Å². The molecule has 0 aliphatic rings. The van der Waals surface area contributed by atoms with E-state index in [2.05, 4.69) is 15.8 Å². The Labute approximate surface area is 192 Å². The number of ether oxygens (including phenoxy) is 1. The van der Waals surface area contributed by atoms with Gasteiger partial charge in [0.25, 0.3) is 5.91 Å². The third-order valence-corrected chi connectivity index (χ3v) is 5.26. The van der Waals surface area contributed by atoms with Crippen LogP contribution in [0.25, 0.3) is 5.69 Å². The van der Waals surface area contributed by atoms with Crippen molar-refractivity contribution in [3.8, 4) is 5.69 Å². The summed E-state index contributed by atoms with van der Waals surface area (Å²) >= 11 is 0. The summed E-state index contributed by atoms with van der Waals surface area (Å²) in [7, 11) is 1.36. The van der Waals surface area contributed by atoms with Crippen LogP contribution in [0.2, 0.25) is 0 Å². The van der Waals surface area contributed by atoms with Gasteiger partial charge in [0.15, 0.2) is 0 Å². The van der Waals surface area contributed by atoms with E-state index in [1.807, 2.05) is 43.5 Å². The van der Waals surface area contributed by atoms with E-state index >= 15 is 0 Å². The van der Waals surface area contributed by atoms with E-state index in [4.69, 9.17) is 4.74 Å². The second-order valence-corrected chi connectivity index (χ2v) is 7.56. The Morgan fingerprint density at radius 3 is 2.36 bits per heavy atom. The third-order valence-electron chi connectivity index (χ3n) is 5.26. The normalized spacial score (nSPS) is 10.8. The molecule has 0 saturated heterocycles. The van der Waals surface area contributed by atoms with Crippen molar-refractivity contribution in [3.63, 3.8) is 0 Å². The second-order valence-electron chi connectivity index (χ2n) is 7.56. The molecule has 3 rings (SSSR count). The molecule has 2 amide bonds. The Bertz CT molecular complexity index is 1240. The fraction of sp³-hybridized carbons (Fsp3) is 0.200. The predicted octanol–water partition coefficient (Wildman–Crippen LogP) is 3.91. The lowest BCUT2D eigenvalue weighted by Crippen LogP contribution is -2.17. The summed E-state index contributed by atoms with van der Waals surface area (Å²) < 4.78 is 6.91. The first-order valence-corrected chi connectivity index (χ1v) is 10.3. The molecule has 0 atom stereocenters. The van der Waals surface area contributed by atoms with Crippen LogP contribution < -0.4 is 10.7 Å². The Morgan fingerprint density at radius 2 is 1.73 bits per heavy atom. The lowest BCUT2D eigenvalue weighted by atomic mass is 10.1. The molecule has 0 bridgehead atoms. The lowest BCUT2D eigenvalue weighted by molar-refractivity contribution is -0.114. The zero-order chi connectivity index (χ0) is 24.1. The van der Waals surface area contributed by atoms with Gasteiger partial charge in [-0.15, -0.1) is 0 Å². The van der Waals surface area contributed by atoms with Crippen molar-refractivity contribution in [2.75, 3.05) is 12.4 Å². The molecule has 0 radical (unpaired) electrons. The van der Waals surface area contributed by atoms with E-state index in [9.17, 15) is 14.4 Å². The minimum Gasteiger partial charge on any atom is -0.465 e. The van der Waals surface area contributed by atoms with Gasteiger partial charge >= 0.3 is 5.97 Å². The molecule has 170 valence electrons. The molecule has 1 heterocycles. The number of hydrazone groups is 1. The van der Waals surface area contributed by atoms with Gasteiger partial charge in [-0.2, -0.15) is 5.10 Å². The summed E-state index contributed by atoms with van der Waals surface area (Å²) in [5, 5.41) is 6.75. The first-order chi connectivity index (χ1) is 15.7. The number of amides is 2. The van der Waals surface area contributed by atoms with E-state index in [-0.39, 0.29) is 17.8 Å². The van der Waals surface area contributed by atoms with Crippen LogP contribution in [0.4, 0.5) is 5.69 Å². The van der Waals surface area contributed by atoms with Crippen molar-refractivity contribution < 1.29 is 19.1 Å². The van der Waals surface area contributed by atoms with Gasteiger partial charge in [-0.05, 0) is 68.8 Å². The van der Waals surface area contributed by atoms with E-state index < -0.39 is 0 Å². The minimum absolute atomic E-state index is 0.179. The average molecular weight is 447 g/mol. The number of hydrogen-bond acceptors (Lipinski definition) is 5. The van der Waals surface area contributed by atoms with Crippen molar-refractivity contribution in [2.24, 2.45) is 5.10 Å². The molecular formula is C25H26N4O4. The topological polar surface area (TPSA) is 102 Å². The first-order valence-electron chi connectivity index (χ1n) is 10.3. The number of rotatable bonds is 6. The van der Waals surface area contributed by atoms with Gasteiger partial charge in [0.05, 0.1) is 18.9 Å². The van der Waals surface area contributed by atoms with Crippen LogP contribution in [0.3, 0.4) is 0 Å². The number of nitrogens with one attached hydrogen (secondary N) is 2. The number of methoxy groups -OCH3 is 1. The molecule has 33 heavy (non-hydrogen) atoms. The van der Waals surface area contributed by atoms with Crippen LogP contribution in [-0.4, -0.2) is 35.7 Å². The van der Waals surface area contributed by atoms with E-state index in [1.165, 1.54) is 14.0 Å². The smallest absolute Gasteiger partial charge is 0.338 e. The first kappa shape index (κ1) is 23.5. The predicted molar refractivity (Wildman–Crippen MR) is 127 cm³/mol. The van der Waals surface area contributed by atoms with Gasteiger partial charge in [0.1, 0.15) is 0 Å². The van der Waals surface area contributed by atoms with Crippen LogP contribution in [0.1, 0.15) is 50.2 Å². The van der Waals surface area contributed by atoms with Gasteiger partial charge in [-0.3, -0.25) is 9.59 Å². The largest absolute Gasteiger partial charge is 0.465 e. The molecule has 0 unspecified atom stereocenters. The number of nitrogens with zero attached hydrogens (tertiary/aromatic N) is 2. The Balaban J connectivity index is 1.79. The zero-order valence-corrected chi connectivity index (χ0v) is 19.2. The number of carbonyl (C=O) groups is 3. The standard InChI is InChI=1S/C25H26N4O4/c1-15-13-20(14-26-28-24(31)19-9-11-21(12-10-19)27-18(4)30)17(3)29(15)23-8-6-7-22(16(23)2)25(32)33-5/h6-14H,1-5H3,(H,27,30)(H,28,31)/b26-14+. The Morgan fingerprint density at radius 1 is 1.03 bits per heavy atom. The third kappa shape index (κ3) is 5.17. The average Bonchev–Trinajstić information content (AvgIpc) is 3.06. The molecule has 8 heteroatoms. The maximum Gasteiger partial charge on any atom is 0.338 e. The van der Waals surface area contributed by atoms with Crippen molar-refractivity contribution in [1.82, 2.24) is 9.99 Å². The van der Waals surface area contributed by atoms with E-state index in [0.717, 1.165) is 28.2 Å². The SMILES string of the molecule is COC(=O)c1cccc(-n2c(C)cc(/C=N/NC(=O)c3ccc(NC(C)=O)cc3)c2C)c1C. The number of hydrogen-bond donors (Lipinski definition) is 2. The van der Waals surface area contributed by atoms with Crippen molar-refractivity contribution in [2.45, 2.75) is 27.7 Å². The molecule has 8 nitrogen and oxygen atoms in total. The molecule has 2 N–H and O–H groups in total. The quantitative estimate of drug-likeness (QED) is 0.340. The summed E-state index contributed by atoms with van der Waals surface area (Å²) in [6, 6.07) is 14.0. The van der Waals surface area contributed by atoms with E-state index in [1.54, 1.807) is 36.5 Å². The maximum atomic E-state index is 12.4. The lowest BCUT2D eigenvalue weighted by Gasteiger charge is -2.15. The summed E-state index contributed by atoms with van der Waals surface area (Å²) in [5.41, 5.74) is 8.44. The Hall–Kier alpha value is -4.20. The van der Waals surface area contributed by atoms with Crippen molar-refractivity contribution in [3.05, 3.63) is 82.2 Å². The molecule has 0 fully saturated rings. The summed E-state index contributed by atoms with van der Waals surface area (Å²) in [6.45, 7) is 7.21. The maximum absolute atomic E-state index is 12.4. The molecular weight excluding hydrogens is 420 g/mol. The zero-order valence-electron chi connectivity index (χ0n) is 19.2. The summed E-state index contributed by atoms with van der Waals surface area (Å²) in [5.74, 6) is -0.927. The van der Waals surface area contributed by atoms with Crippen LogP contribution in [0.5, 0.6) is 0 Å². The number of anilines is 1. The number of benzene rings is 2. The van der Waals surface area contributed by atoms with Crippen LogP contribution >= 0.6 is 0 Å². The molecule has 2 aromatic carbocycles. The number of esters is 1. The van der Waals surface area contributed by atoms with Gasteiger partial charge in [-0.1, -0.05) is 6.07 Å². The van der Waals surface area contributed by atoms with Gasteiger partial charge < -0.3 is 14.6 Å². The second kappa shape index (κ2) is 9.95. The van der Waals surface area contributed by atoms with Crippen molar-refractivity contribution in [1.29, 1.82) is 0 Å². The highest BCUT2D eigenvalue weighted by Crippen LogP contribution is 2.25. The summed E-state index contributed by atoms with van der Waals surface area (Å²) in [6.07, 6.45) is 1.59. The fourth-order valence-electron chi connectivity index (χ4n) is 3.62. The molecule has 0 saturated carbocycles. The van der Waals surface area contributed by atoms with Crippen molar-refractivity contribution >= 4 is 29.7 Å². The van der Waals surface area contributed by atoms with Crippen LogP contribution in [0, 0.1) is 20.8 Å². The number of aryl methyl sites for hydroxylation is 1. The molecule has 1 aromatic heterocycles. The molecule has 0 aliphatic heterocycles. The summed E-state index contributed by atoms with van der Waals surface area (Å²) in [4.78, 5) is 35.5. The number of aromatic nitrogens is 1. The van der Waals surface area contributed by atoms with Gasteiger partial charge in [0, 0.05) is 40.8 Å². The highest BCUT2D eigenvalue weighted by molar-refractivity contribution is 5.96. The van der Waals surface area contributed by atoms with Gasteiger partial charge in [-0.25, -0.2) is 10.2 Å². The minimum atomic E-state index is -0.383.